The SMILES string of the molecule is CC.COCl.Cc1ccc2c(c1)SN(C)c1ccccc1C2NCCCCCCCC(=O)O. The summed E-state index contributed by atoms with van der Waals surface area (Å²) in [5, 5.41) is 12.5. The Labute approximate surface area is 209 Å². The summed E-state index contributed by atoms with van der Waals surface area (Å²) < 4.78 is 5.98. The summed E-state index contributed by atoms with van der Waals surface area (Å²) in [6, 6.07) is 15.6. The molecule has 0 saturated heterocycles. The van der Waals surface area contributed by atoms with Gasteiger partial charge in [0.05, 0.1) is 30.7 Å². The number of carboxylic acids is 1. The van der Waals surface area contributed by atoms with Crippen LogP contribution in [0.1, 0.15) is 75.1 Å². The highest BCUT2D eigenvalue weighted by Gasteiger charge is 2.26. The number of unbranched alkanes of at least 4 members (excludes halogenated alkanes) is 4. The quantitative estimate of drug-likeness (QED) is 0.280. The normalized spacial score (nSPS) is 14.0. The first kappa shape index (κ1) is 29.3. The van der Waals surface area contributed by atoms with Crippen molar-refractivity contribution in [3.8, 4) is 0 Å². The van der Waals surface area contributed by atoms with E-state index < -0.39 is 5.97 Å². The van der Waals surface area contributed by atoms with E-state index in [0.717, 1.165) is 38.6 Å². The number of fused-ring (bicyclic) bond motifs is 2. The van der Waals surface area contributed by atoms with E-state index in [1.165, 1.54) is 34.4 Å². The van der Waals surface area contributed by atoms with Crippen LogP contribution in [0.25, 0.3) is 0 Å². The van der Waals surface area contributed by atoms with Gasteiger partial charge in [-0.05, 0) is 67.1 Å². The minimum atomic E-state index is -0.689. The number of aryl methyl sites for hydroxylation is 1. The monoisotopic (exact) mass is 494 g/mol. The van der Waals surface area contributed by atoms with Crippen LogP contribution in [0.2, 0.25) is 0 Å². The van der Waals surface area contributed by atoms with E-state index in [1.807, 2.05) is 13.8 Å². The maximum atomic E-state index is 10.6. The van der Waals surface area contributed by atoms with Gasteiger partial charge in [0.2, 0.25) is 0 Å². The predicted octanol–water partition coefficient (Wildman–Crippen LogP) is 7.37. The van der Waals surface area contributed by atoms with Crippen molar-refractivity contribution in [2.24, 2.45) is 0 Å². The minimum Gasteiger partial charge on any atom is -0.481 e. The zero-order valence-corrected chi connectivity index (χ0v) is 22.1. The van der Waals surface area contributed by atoms with Gasteiger partial charge >= 0.3 is 5.97 Å². The van der Waals surface area contributed by atoms with Gasteiger partial charge in [-0.2, -0.15) is 0 Å². The van der Waals surface area contributed by atoms with Crippen molar-refractivity contribution in [1.82, 2.24) is 5.32 Å². The van der Waals surface area contributed by atoms with Gasteiger partial charge in [0.25, 0.3) is 0 Å². The highest BCUT2D eigenvalue weighted by Crippen LogP contribution is 2.43. The lowest BCUT2D eigenvalue weighted by molar-refractivity contribution is -0.137. The van der Waals surface area contributed by atoms with Crippen LogP contribution in [-0.4, -0.2) is 31.8 Å². The topological polar surface area (TPSA) is 61.8 Å². The number of anilines is 1. The van der Waals surface area contributed by atoms with Gasteiger partial charge in [-0.15, -0.1) is 0 Å². The second kappa shape index (κ2) is 16.8. The van der Waals surface area contributed by atoms with Crippen molar-refractivity contribution in [2.45, 2.75) is 70.2 Å². The van der Waals surface area contributed by atoms with Crippen LogP contribution >= 0.6 is 23.8 Å². The second-order valence-electron chi connectivity index (χ2n) is 7.64. The molecule has 3 rings (SSSR count). The molecule has 0 aromatic heterocycles. The number of hydrogen-bond donors (Lipinski definition) is 2. The van der Waals surface area contributed by atoms with E-state index in [9.17, 15) is 4.79 Å². The molecule has 1 unspecified atom stereocenters. The molecule has 1 aliphatic rings. The lowest BCUT2D eigenvalue weighted by Gasteiger charge is -2.22. The number of nitrogens with zero attached hydrogens (tertiary/aromatic N) is 1. The first-order chi connectivity index (χ1) is 16.0. The summed E-state index contributed by atoms with van der Waals surface area (Å²) in [7, 11) is 3.52. The van der Waals surface area contributed by atoms with Crippen molar-refractivity contribution in [1.29, 1.82) is 0 Å². The fourth-order valence-electron chi connectivity index (χ4n) is 3.74. The fraction of sp³-hybridized carbons (Fsp3) is 0.500. The van der Waals surface area contributed by atoms with Crippen LogP contribution in [0.15, 0.2) is 47.4 Å². The number of para-hydroxylation sites is 1. The molecule has 7 heteroatoms. The standard InChI is InChI=1S/C23H30N2O2S.C2H6.CH3ClO/c1-17-13-14-19-21(16-17)28-25(2)20-11-8-7-10-18(20)23(19)24-15-9-5-3-4-6-12-22(26)27;1-2;1-3-2/h7-8,10-11,13-14,16,23-24H,3-6,9,12,15H2,1-2H3,(H,26,27);1-2H3;1H3. The molecule has 0 aliphatic carbocycles. The lowest BCUT2D eigenvalue weighted by atomic mass is 9.96. The van der Waals surface area contributed by atoms with Crippen LogP contribution in [0, 0.1) is 6.92 Å². The summed E-state index contributed by atoms with van der Waals surface area (Å²) >= 11 is 6.29. The molecule has 1 atom stereocenters. The van der Waals surface area contributed by atoms with Gasteiger partial charge in [-0.1, -0.05) is 63.4 Å². The third-order valence-corrected chi connectivity index (χ3v) is 6.24. The summed E-state index contributed by atoms with van der Waals surface area (Å²) in [6.07, 6.45) is 5.42. The molecule has 1 heterocycles. The Morgan fingerprint density at radius 3 is 2.42 bits per heavy atom. The van der Waals surface area contributed by atoms with E-state index in [1.54, 1.807) is 11.9 Å². The molecular formula is C26H39ClN2O3S. The molecule has 2 aromatic rings. The molecule has 0 saturated carbocycles. The minimum absolute atomic E-state index is 0.191. The molecule has 5 nitrogen and oxygen atoms in total. The van der Waals surface area contributed by atoms with E-state index in [4.69, 9.17) is 5.11 Å². The average Bonchev–Trinajstić information content (AvgIpc) is 2.91. The van der Waals surface area contributed by atoms with E-state index >= 15 is 0 Å². The number of aliphatic carboxylic acids is 1. The Morgan fingerprint density at radius 1 is 1.09 bits per heavy atom. The fourth-order valence-corrected chi connectivity index (χ4v) is 4.83. The number of hydrogen-bond acceptors (Lipinski definition) is 5. The zero-order valence-electron chi connectivity index (χ0n) is 20.6. The number of carbonyl (C=O) groups is 1. The summed E-state index contributed by atoms with van der Waals surface area (Å²) in [6.45, 7) is 7.10. The number of carboxylic acid groups (broad SMARTS) is 1. The van der Waals surface area contributed by atoms with Crippen LogP contribution in [0.4, 0.5) is 5.69 Å². The molecule has 0 amide bonds. The number of rotatable bonds is 9. The summed E-state index contributed by atoms with van der Waals surface area (Å²) in [4.78, 5) is 11.9. The van der Waals surface area contributed by atoms with E-state index in [-0.39, 0.29) is 6.04 Å². The Kier molecular flexibility index (Phi) is 14.9. The Bertz CT molecular complexity index is 835. The van der Waals surface area contributed by atoms with E-state index in [0.29, 0.717) is 6.42 Å². The van der Waals surface area contributed by atoms with Gasteiger partial charge in [0.15, 0.2) is 0 Å². The van der Waals surface area contributed by atoms with Crippen LogP contribution in [0.3, 0.4) is 0 Å². The van der Waals surface area contributed by atoms with Crippen LogP contribution in [0.5, 0.6) is 0 Å². The molecular weight excluding hydrogens is 456 g/mol. The number of benzene rings is 2. The Hall–Kier alpha value is -1.73. The van der Waals surface area contributed by atoms with Crippen molar-refractivity contribution >= 4 is 35.5 Å². The predicted molar refractivity (Wildman–Crippen MR) is 141 cm³/mol. The molecule has 0 radical (unpaired) electrons. The van der Waals surface area contributed by atoms with Crippen LogP contribution in [-0.2, 0) is 9.08 Å². The number of halogens is 1. The third kappa shape index (κ3) is 9.97. The van der Waals surface area contributed by atoms with Gasteiger partial charge in [0.1, 0.15) is 0 Å². The molecule has 0 spiro atoms. The summed E-state index contributed by atoms with van der Waals surface area (Å²) in [5.74, 6) is -0.689. The molecule has 184 valence electrons. The van der Waals surface area contributed by atoms with Gasteiger partial charge < -0.3 is 14.7 Å². The van der Waals surface area contributed by atoms with Gasteiger partial charge in [0, 0.05) is 18.4 Å². The first-order valence-electron chi connectivity index (χ1n) is 11.7. The molecule has 2 aromatic carbocycles. The van der Waals surface area contributed by atoms with Crippen LogP contribution < -0.4 is 9.62 Å². The smallest absolute Gasteiger partial charge is 0.303 e. The second-order valence-corrected chi connectivity index (χ2v) is 9.12. The maximum absolute atomic E-state index is 10.6. The summed E-state index contributed by atoms with van der Waals surface area (Å²) in [5.41, 5.74) is 5.20. The Balaban J connectivity index is 0.00000101. The maximum Gasteiger partial charge on any atom is 0.303 e. The van der Waals surface area contributed by atoms with E-state index in [2.05, 4.69) is 82.2 Å². The molecule has 0 bridgehead atoms. The largest absolute Gasteiger partial charge is 0.481 e. The number of nitrogens with one attached hydrogen (secondary N) is 1. The molecule has 1 aliphatic heterocycles. The third-order valence-electron chi connectivity index (χ3n) is 5.22. The van der Waals surface area contributed by atoms with Gasteiger partial charge in [-0.25, -0.2) is 0 Å². The molecule has 33 heavy (non-hydrogen) atoms. The molecule has 0 fully saturated rings. The lowest BCUT2D eigenvalue weighted by Crippen LogP contribution is -2.24. The van der Waals surface area contributed by atoms with Crippen molar-refractivity contribution in [3.63, 3.8) is 0 Å². The van der Waals surface area contributed by atoms with Crippen molar-refractivity contribution in [2.75, 3.05) is 25.0 Å². The zero-order chi connectivity index (χ0) is 24.6. The molecule has 2 N–H and O–H groups in total. The highest BCUT2D eigenvalue weighted by atomic mass is 35.5. The van der Waals surface area contributed by atoms with Crippen molar-refractivity contribution < 1.29 is 14.2 Å². The van der Waals surface area contributed by atoms with Crippen molar-refractivity contribution in [3.05, 3.63) is 59.2 Å². The highest BCUT2D eigenvalue weighted by molar-refractivity contribution is 8.00. The van der Waals surface area contributed by atoms with Gasteiger partial charge in [-0.3, -0.25) is 9.08 Å². The average molecular weight is 495 g/mol. The Morgan fingerprint density at radius 2 is 1.73 bits per heavy atom. The first-order valence-corrected chi connectivity index (χ1v) is 12.8.